The number of rotatable bonds is 4. The van der Waals surface area contributed by atoms with Crippen molar-refractivity contribution < 1.29 is 14.3 Å². The van der Waals surface area contributed by atoms with Crippen LogP contribution in [0.3, 0.4) is 0 Å². The van der Waals surface area contributed by atoms with E-state index < -0.39 is 11.4 Å². The quantitative estimate of drug-likeness (QED) is 0.804. The lowest BCUT2D eigenvalue weighted by Gasteiger charge is -2.15. The Labute approximate surface area is 105 Å². The van der Waals surface area contributed by atoms with Crippen LogP contribution >= 0.6 is 0 Å². The Morgan fingerprint density at radius 3 is 2.67 bits per heavy atom. The molecule has 0 unspecified atom stereocenters. The van der Waals surface area contributed by atoms with Crippen molar-refractivity contribution in [3.05, 3.63) is 6.20 Å². The molecule has 1 aromatic rings. The molecular weight excluding hydrogens is 236 g/mol. The average molecular weight is 254 g/mol. The van der Waals surface area contributed by atoms with Gasteiger partial charge in [0.25, 0.3) is 0 Å². The summed E-state index contributed by atoms with van der Waals surface area (Å²) >= 11 is 0. The van der Waals surface area contributed by atoms with Gasteiger partial charge < -0.3 is 10.1 Å². The maximum absolute atomic E-state index is 11.7. The highest BCUT2D eigenvalue weighted by molar-refractivity contribution is 5.93. The minimum absolute atomic E-state index is 0.0216. The Morgan fingerprint density at radius 1 is 1.44 bits per heavy atom. The van der Waals surface area contributed by atoms with Crippen molar-refractivity contribution in [1.82, 2.24) is 15.0 Å². The molecule has 0 saturated carbocycles. The van der Waals surface area contributed by atoms with Gasteiger partial charge in [-0.1, -0.05) is 26.0 Å². The molecule has 0 saturated heterocycles. The zero-order valence-corrected chi connectivity index (χ0v) is 11.1. The number of amides is 1. The maximum atomic E-state index is 11.7. The minimum Gasteiger partial charge on any atom is -0.465 e. The zero-order valence-electron chi connectivity index (χ0n) is 11.1. The summed E-state index contributed by atoms with van der Waals surface area (Å²) in [7, 11) is 0. The van der Waals surface area contributed by atoms with E-state index in [0.29, 0.717) is 12.4 Å². The van der Waals surface area contributed by atoms with Crippen LogP contribution in [0.1, 0.15) is 27.7 Å². The highest BCUT2D eigenvalue weighted by atomic mass is 16.5. The summed E-state index contributed by atoms with van der Waals surface area (Å²) in [5.74, 6) is -0.235. The molecule has 1 rings (SSSR count). The van der Waals surface area contributed by atoms with E-state index in [2.05, 4.69) is 15.6 Å². The molecule has 0 aromatic carbocycles. The van der Waals surface area contributed by atoms with Gasteiger partial charge in [-0.05, 0) is 6.92 Å². The fourth-order valence-electron chi connectivity index (χ4n) is 1.08. The summed E-state index contributed by atoms with van der Waals surface area (Å²) < 4.78 is 6.09. The molecule has 1 aromatic heterocycles. The minimum atomic E-state index is -0.509. The lowest BCUT2D eigenvalue weighted by Crippen LogP contribution is -2.27. The molecule has 0 bridgehead atoms. The topological polar surface area (TPSA) is 86.1 Å². The van der Waals surface area contributed by atoms with E-state index in [0.717, 1.165) is 0 Å². The Balaban J connectivity index is 2.59. The van der Waals surface area contributed by atoms with Gasteiger partial charge in [0.1, 0.15) is 6.54 Å². The van der Waals surface area contributed by atoms with Gasteiger partial charge >= 0.3 is 5.97 Å². The fraction of sp³-hybridized carbons (Fsp3) is 0.636. The molecule has 18 heavy (non-hydrogen) atoms. The highest BCUT2D eigenvalue weighted by Crippen LogP contribution is 2.15. The summed E-state index contributed by atoms with van der Waals surface area (Å²) in [5, 5.41) is 10.1. The summed E-state index contributed by atoms with van der Waals surface area (Å²) in [6.07, 6.45) is 1.49. The third kappa shape index (κ3) is 4.15. The second-order valence-electron chi connectivity index (χ2n) is 4.81. The normalized spacial score (nSPS) is 11.1. The SMILES string of the molecule is CCOC(=O)Cn1cc(NC(=O)C(C)(C)C)nn1. The lowest BCUT2D eigenvalue weighted by atomic mass is 9.96. The number of anilines is 1. The second kappa shape index (κ2) is 5.61. The Hall–Kier alpha value is -1.92. The molecule has 7 nitrogen and oxygen atoms in total. The molecule has 0 fully saturated rings. The monoisotopic (exact) mass is 254 g/mol. The van der Waals surface area contributed by atoms with Crippen molar-refractivity contribution in [1.29, 1.82) is 0 Å². The number of aromatic nitrogens is 3. The summed E-state index contributed by atoms with van der Waals surface area (Å²) in [5.41, 5.74) is -0.509. The van der Waals surface area contributed by atoms with E-state index in [-0.39, 0.29) is 12.5 Å². The number of hydrogen-bond acceptors (Lipinski definition) is 5. The number of esters is 1. The number of carbonyl (C=O) groups excluding carboxylic acids is 2. The van der Waals surface area contributed by atoms with E-state index in [1.54, 1.807) is 27.7 Å². The molecule has 0 aliphatic carbocycles. The van der Waals surface area contributed by atoms with E-state index in [1.165, 1.54) is 10.9 Å². The maximum Gasteiger partial charge on any atom is 0.327 e. The molecule has 1 N–H and O–H groups in total. The number of nitrogens with one attached hydrogen (secondary N) is 1. The number of carbonyl (C=O) groups is 2. The lowest BCUT2D eigenvalue weighted by molar-refractivity contribution is -0.144. The van der Waals surface area contributed by atoms with Gasteiger partial charge in [-0.2, -0.15) is 0 Å². The van der Waals surface area contributed by atoms with Crippen LogP contribution in [0.25, 0.3) is 0 Å². The van der Waals surface area contributed by atoms with Gasteiger partial charge in [0, 0.05) is 5.41 Å². The van der Waals surface area contributed by atoms with Crippen molar-refractivity contribution >= 4 is 17.7 Å². The van der Waals surface area contributed by atoms with Crippen molar-refractivity contribution in [3.63, 3.8) is 0 Å². The predicted octanol–water partition coefficient (Wildman–Crippen LogP) is 0.826. The van der Waals surface area contributed by atoms with Gasteiger partial charge in [-0.15, -0.1) is 5.10 Å². The van der Waals surface area contributed by atoms with Crippen LogP contribution in [0.5, 0.6) is 0 Å². The summed E-state index contributed by atoms with van der Waals surface area (Å²) in [6, 6.07) is 0. The van der Waals surface area contributed by atoms with Gasteiger partial charge in [0.2, 0.25) is 5.91 Å². The first-order chi connectivity index (χ1) is 8.32. The summed E-state index contributed by atoms with van der Waals surface area (Å²) in [6.45, 7) is 7.42. The van der Waals surface area contributed by atoms with Crippen molar-refractivity contribution in [2.45, 2.75) is 34.2 Å². The first-order valence-corrected chi connectivity index (χ1v) is 5.70. The largest absolute Gasteiger partial charge is 0.465 e. The van der Waals surface area contributed by atoms with Gasteiger partial charge in [0.15, 0.2) is 5.82 Å². The second-order valence-corrected chi connectivity index (χ2v) is 4.81. The van der Waals surface area contributed by atoms with Crippen LogP contribution in [-0.2, 0) is 20.9 Å². The van der Waals surface area contributed by atoms with E-state index in [9.17, 15) is 9.59 Å². The van der Waals surface area contributed by atoms with Gasteiger partial charge in [0.05, 0.1) is 12.8 Å². The highest BCUT2D eigenvalue weighted by Gasteiger charge is 2.22. The predicted molar refractivity (Wildman–Crippen MR) is 64.7 cm³/mol. The van der Waals surface area contributed by atoms with Crippen LogP contribution in [-0.4, -0.2) is 33.5 Å². The van der Waals surface area contributed by atoms with Crippen LogP contribution in [0, 0.1) is 5.41 Å². The number of hydrogen-bond donors (Lipinski definition) is 1. The smallest absolute Gasteiger partial charge is 0.327 e. The number of nitrogens with zero attached hydrogens (tertiary/aromatic N) is 3. The Morgan fingerprint density at radius 2 is 2.11 bits per heavy atom. The molecule has 1 heterocycles. The van der Waals surface area contributed by atoms with Crippen LogP contribution < -0.4 is 5.32 Å². The molecule has 100 valence electrons. The van der Waals surface area contributed by atoms with Crippen LogP contribution in [0.2, 0.25) is 0 Å². The third-order valence-electron chi connectivity index (χ3n) is 2.06. The fourth-order valence-corrected chi connectivity index (χ4v) is 1.08. The molecular formula is C11H18N4O3. The molecule has 1 amide bonds. The number of ether oxygens (including phenoxy) is 1. The molecule has 0 aliphatic heterocycles. The van der Waals surface area contributed by atoms with Gasteiger partial charge in [-0.25, -0.2) is 4.68 Å². The van der Waals surface area contributed by atoms with E-state index >= 15 is 0 Å². The molecule has 0 atom stereocenters. The van der Waals surface area contributed by atoms with E-state index in [4.69, 9.17) is 4.74 Å². The first kappa shape index (κ1) is 14.1. The van der Waals surface area contributed by atoms with Crippen LogP contribution in [0.4, 0.5) is 5.82 Å². The van der Waals surface area contributed by atoms with Crippen molar-refractivity contribution in [2.75, 3.05) is 11.9 Å². The van der Waals surface area contributed by atoms with Gasteiger partial charge in [-0.3, -0.25) is 9.59 Å². The standard InChI is InChI=1S/C11H18N4O3/c1-5-18-9(16)7-15-6-8(13-14-15)12-10(17)11(2,3)4/h6H,5,7H2,1-4H3,(H,12,17). The molecule has 0 spiro atoms. The average Bonchev–Trinajstić information content (AvgIpc) is 2.64. The molecule has 0 aliphatic rings. The Kier molecular flexibility index (Phi) is 4.41. The third-order valence-corrected chi connectivity index (χ3v) is 2.06. The molecule has 0 radical (unpaired) electrons. The zero-order chi connectivity index (χ0) is 13.8. The van der Waals surface area contributed by atoms with Crippen molar-refractivity contribution in [3.8, 4) is 0 Å². The van der Waals surface area contributed by atoms with Crippen molar-refractivity contribution in [2.24, 2.45) is 5.41 Å². The Bertz CT molecular complexity index is 434. The van der Waals surface area contributed by atoms with Crippen LogP contribution in [0.15, 0.2) is 6.20 Å². The van der Waals surface area contributed by atoms with E-state index in [1.807, 2.05) is 0 Å². The summed E-state index contributed by atoms with van der Waals surface area (Å²) in [4.78, 5) is 22.9. The molecule has 7 heteroatoms. The first-order valence-electron chi connectivity index (χ1n) is 5.70.